The molecule has 0 spiro atoms. The number of anilines is 1. The number of ether oxygens (including phenoxy) is 1. The minimum Gasteiger partial charge on any atom is -0.491 e. The summed E-state index contributed by atoms with van der Waals surface area (Å²) in [5.41, 5.74) is 5.63. The van der Waals surface area contributed by atoms with Crippen LogP contribution < -0.4 is 15.8 Å². The first kappa shape index (κ1) is 17.3. The zero-order valence-electron chi connectivity index (χ0n) is 11.9. The molecule has 0 saturated carbocycles. The number of halogens is 2. The number of carbonyl (C=O) groups excluding carboxylic acids is 1. The van der Waals surface area contributed by atoms with Crippen LogP contribution in [0.2, 0.25) is 5.02 Å². The third-order valence-corrected chi connectivity index (χ3v) is 4.13. The predicted octanol–water partition coefficient (Wildman–Crippen LogP) is 3.81. The molecule has 0 radical (unpaired) electrons. The Hall–Kier alpha value is -0.780. The van der Waals surface area contributed by atoms with Crippen molar-refractivity contribution in [3.8, 4) is 5.75 Å². The molecule has 0 aliphatic rings. The van der Waals surface area contributed by atoms with Gasteiger partial charge in [-0.15, -0.1) is 0 Å². The van der Waals surface area contributed by atoms with Crippen LogP contribution in [0.25, 0.3) is 0 Å². The molecule has 1 aromatic carbocycles. The maximum Gasteiger partial charge on any atom is 0.231 e. The molecule has 1 rings (SSSR count). The smallest absolute Gasteiger partial charge is 0.231 e. The van der Waals surface area contributed by atoms with E-state index in [1.165, 1.54) is 0 Å². The van der Waals surface area contributed by atoms with Gasteiger partial charge in [0.05, 0.1) is 22.2 Å². The molecule has 0 saturated heterocycles. The van der Waals surface area contributed by atoms with E-state index in [0.717, 1.165) is 0 Å². The molecule has 0 aromatic heterocycles. The number of nitrogens with two attached hydrogens (primary N) is 1. The number of benzene rings is 1. The third kappa shape index (κ3) is 3.87. The molecule has 0 fully saturated rings. The van der Waals surface area contributed by atoms with Crippen molar-refractivity contribution in [2.45, 2.75) is 27.2 Å². The first-order valence-corrected chi connectivity index (χ1v) is 7.68. The molecule has 20 heavy (non-hydrogen) atoms. The summed E-state index contributed by atoms with van der Waals surface area (Å²) in [5, 5.41) is 3.38. The fraction of sp³-hybridized carbons (Fsp3) is 0.500. The van der Waals surface area contributed by atoms with Crippen LogP contribution in [0, 0.1) is 5.41 Å². The molecule has 1 unspecified atom stereocenters. The van der Waals surface area contributed by atoms with Gasteiger partial charge in [0.15, 0.2) is 5.75 Å². The predicted molar refractivity (Wildman–Crippen MR) is 86.4 cm³/mol. The van der Waals surface area contributed by atoms with Crippen LogP contribution in [-0.4, -0.2) is 19.1 Å². The molecule has 0 heterocycles. The van der Waals surface area contributed by atoms with Gasteiger partial charge < -0.3 is 15.8 Å². The number of nitrogens with one attached hydrogen (secondary N) is 1. The normalized spacial score (nSPS) is 13.7. The van der Waals surface area contributed by atoms with Gasteiger partial charge >= 0.3 is 0 Å². The second kappa shape index (κ2) is 7.29. The van der Waals surface area contributed by atoms with Crippen LogP contribution in [0.4, 0.5) is 5.69 Å². The summed E-state index contributed by atoms with van der Waals surface area (Å²) in [5.74, 6) is 0.429. The van der Waals surface area contributed by atoms with E-state index in [1.807, 2.05) is 20.8 Å². The Morgan fingerprint density at radius 1 is 1.50 bits per heavy atom. The van der Waals surface area contributed by atoms with Crippen molar-refractivity contribution >= 4 is 39.1 Å². The largest absolute Gasteiger partial charge is 0.491 e. The van der Waals surface area contributed by atoms with E-state index in [4.69, 9.17) is 22.1 Å². The fourth-order valence-corrected chi connectivity index (χ4v) is 2.54. The highest BCUT2D eigenvalue weighted by Crippen LogP contribution is 2.37. The Bertz CT molecular complexity index is 490. The van der Waals surface area contributed by atoms with E-state index in [2.05, 4.69) is 21.2 Å². The Morgan fingerprint density at radius 3 is 2.65 bits per heavy atom. The van der Waals surface area contributed by atoms with Gasteiger partial charge in [-0.1, -0.05) is 18.5 Å². The number of hydrogen-bond acceptors (Lipinski definition) is 3. The second-order valence-electron chi connectivity index (χ2n) is 4.77. The van der Waals surface area contributed by atoms with Crippen LogP contribution >= 0.6 is 27.5 Å². The highest BCUT2D eigenvalue weighted by Gasteiger charge is 2.30. The quantitative estimate of drug-likeness (QED) is 0.807. The maximum absolute atomic E-state index is 12.4. The van der Waals surface area contributed by atoms with Crippen molar-refractivity contribution in [3.05, 3.63) is 21.6 Å². The number of amides is 1. The lowest BCUT2D eigenvalue weighted by Gasteiger charge is -2.25. The molecular weight excluding hydrogens is 344 g/mol. The van der Waals surface area contributed by atoms with Gasteiger partial charge in [-0.05, 0) is 48.3 Å². The molecule has 1 amide bonds. The zero-order chi connectivity index (χ0) is 15.3. The van der Waals surface area contributed by atoms with E-state index in [0.29, 0.717) is 34.0 Å². The van der Waals surface area contributed by atoms with Crippen molar-refractivity contribution in [1.82, 2.24) is 0 Å². The van der Waals surface area contributed by atoms with E-state index in [9.17, 15) is 4.79 Å². The molecule has 4 nitrogen and oxygen atoms in total. The van der Waals surface area contributed by atoms with E-state index >= 15 is 0 Å². The highest BCUT2D eigenvalue weighted by molar-refractivity contribution is 9.10. The minimum atomic E-state index is -0.613. The molecule has 6 heteroatoms. The summed E-state index contributed by atoms with van der Waals surface area (Å²) in [6, 6.07) is 3.39. The number of carbonyl (C=O) groups is 1. The molecule has 1 aromatic rings. The Morgan fingerprint density at radius 2 is 2.15 bits per heavy atom. The van der Waals surface area contributed by atoms with Crippen molar-refractivity contribution in [1.29, 1.82) is 0 Å². The summed E-state index contributed by atoms with van der Waals surface area (Å²) >= 11 is 9.41. The van der Waals surface area contributed by atoms with E-state index < -0.39 is 5.41 Å². The first-order valence-electron chi connectivity index (χ1n) is 6.51. The van der Waals surface area contributed by atoms with E-state index in [1.54, 1.807) is 12.1 Å². The lowest BCUT2D eigenvalue weighted by Crippen LogP contribution is -2.39. The lowest BCUT2D eigenvalue weighted by molar-refractivity contribution is -0.124. The fourth-order valence-electron chi connectivity index (χ4n) is 1.62. The van der Waals surface area contributed by atoms with Gasteiger partial charge in [0, 0.05) is 11.6 Å². The standard InChI is InChI=1S/C14H20BrClN2O2/c1-4-14(3,8-17)13(19)18-11-7-9(16)6-10(15)12(11)20-5-2/h6-7H,4-5,8,17H2,1-3H3,(H,18,19). The van der Waals surface area contributed by atoms with Crippen LogP contribution in [0.5, 0.6) is 5.75 Å². The third-order valence-electron chi connectivity index (χ3n) is 3.32. The lowest BCUT2D eigenvalue weighted by atomic mass is 9.86. The molecule has 0 aliphatic carbocycles. The molecule has 1 atom stereocenters. The van der Waals surface area contributed by atoms with Gasteiger partial charge in [0.2, 0.25) is 5.91 Å². The first-order chi connectivity index (χ1) is 9.37. The summed E-state index contributed by atoms with van der Waals surface area (Å²) in [6.07, 6.45) is 0.654. The van der Waals surface area contributed by atoms with E-state index in [-0.39, 0.29) is 12.5 Å². The van der Waals surface area contributed by atoms with Gasteiger partial charge in [-0.25, -0.2) is 0 Å². The topological polar surface area (TPSA) is 64.3 Å². The average Bonchev–Trinajstić information content (AvgIpc) is 2.41. The van der Waals surface area contributed by atoms with Crippen molar-refractivity contribution in [3.63, 3.8) is 0 Å². The monoisotopic (exact) mass is 362 g/mol. The van der Waals surface area contributed by atoms with Crippen LogP contribution in [-0.2, 0) is 4.79 Å². The average molecular weight is 364 g/mol. The Labute approximate surface area is 133 Å². The molecule has 3 N–H and O–H groups in total. The molecule has 112 valence electrons. The summed E-state index contributed by atoms with van der Waals surface area (Å²) < 4.78 is 6.25. The molecular formula is C14H20BrClN2O2. The summed E-state index contributed by atoms with van der Waals surface area (Å²) in [6.45, 7) is 6.42. The number of hydrogen-bond donors (Lipinski definition) is 2. The summed E-state index contributed by atoms with van der Waals surface area (Å²) in [4.78, 5) is 12.4. The van der Waals surface area contributed by atoms with Crippen molar-refractivity contribution in [2.75, 3.05) is 18.5 Å². The van der Waals surface area contributed by atoms with Gasteiger partial charge in [0.1, 0.15) is 0 Å². The van der Waals surface area contributed by atoms with Gasteiger partial charge in [0.25, 0.3) is 0 Å². The van der Waals surface area contributed by atoms with Gasteiger partial charge in [-0.3, -0.25) is 4.79 Å². The van der Waals surface area contributed by atoms with Crippen LogP contribution in [0.1, 0.15) is 27.2 Å². The zero-order valence-corrected chi connectivity index (χ0v) is 14.3. The van der Waals surface area contributed by atoms with Crippen LogP contribution in [0.15, 0.2) is 16.6 Å². The van der Waals surface area contributed by atoms with Crippen molar-refractivity contribution < 1.29 is 9.53 Å². The Kier molecular flexibility index (Phi) is 6.30. The van der Waals surface area contributed by atoms with Crippen molar-refractivity contribution in [2.24, 2.45) is 11.1 Å². The molecule has 0 bridgehead atoms. The second-order valence-corrected chi connectivity index (χ2v) is 6.06. The molecule has 0 aliphatic heterocycles. The van der Waals surface area contributed by atoms with Gasteiger partial charge in [-0.2, -0.15) is 0 Å². The maximum atomic E-state index is 12.4. The SMILES string of the molecule is CCOc1c(Br)cc(Cl)cc1NC(=O)C(C)(CC)CN. The Balaban J connectivity index is 3.11. The minimum absolute atomic E-state index is 0.141. The van der Waals surface area contributed by atoms with Crippen LogP contribution in [0.3, 0.4) is 0 Å². The highest BCUT2D eigenvalue weighted by atomic mass is 79.9. The number of rotatable bonds is 6. The summed E-state index contributed by atoms with van der Waals surface area (Å²) in [7, 11) is 0.